The Kier molecular flexibility index (Phi) is 4.76. The van der Waals surface area contributed by atoms with Crippen molar-refractivity contribution >= 4 is 5.91 Å². The van der Waals surface area contributed by atoms with Gasteiger partial charge in [0.1, 0.15) is 5.75 Å². The lowest BCUT2D eigenvalue weighted by atomic mass is 10.0. The van der Waals surface area contributed by atoms with E-state index >= 15 is 0 Å². The van der Waals surface area contributed by atoms with Gasteiger partial charge < -0.3 is 10.5 Å². The summed E-state index contributed by atoms with van der Waals surface area (Å²) in [5, 5.41) is 0. The number of primary amides is 1. The highest BCUT2D eigenvalue weighted by molar-refractivity contribution is 5.82. The average Bonchev–Trinajstić information content (AvgIpc) is 2.28. The van der Waals surface area contributed by atoms with E-state index in [4.69, 9.17) is 10.5 Å². The van der Waals surface area contributed by atoms with Crippen LogP contribution in [0.2, 0.25) is 0 Å². The molecule has 0 spiro atoms. The Hall–Kier alpha value is -1.58. The highest BCUT2D eigenvalue weighted by Gasteiger charge is 2.20. The molecule has 4 heteroatoms. The summed E-state index contributed by atoms with van der Waals surface area (Å²) in [6.45, 7) is 4.56. The predicted octanol–water partition coefficient (Wildman–Crippen LogP) is 1.85. The van der Waals surface area contributed by atoms with Gasteiger partial charge >= 0.3 is 0 Å². The monoisotopic (exact) mass is 222 g/mol. The Bertz CT molecular complexity index is 353. The van der Waals surface area contributed by atoms with Crippen LogP contribution in [0.4, 0.5) is 0 Å². The maximum atomic E-state index is 11.3. The molecule has 16 heavy (non-hydrogen) atoms. The molecular formula is C12H18N2O2. The number of amides is 1. The number of hydrogen-bond acceptors (Lipinski definition) is 3. The molecule has 0 aliphatic carbocycles. The normalized spacial score (nSPS) is 12.1. The Morgan fingerprint density at radius 2 is 2.31 bits per heavy atom. The predicted molar refractivity (Wildman–Crippen MR) is 62.2 cm³/mol. The van der Waals surface area contributed by atoms with Gasteiger partial charge in [0.15, 0.2) is 0 Å². The summed E-state index contributed by atoms with van der Waals surface area (Å²) in [5.74, 6) is -0.0643. The number of carbonyl (C=O) groups is 1. The quantitative estimate of drug-likeness (QED) is 0.798. The number of aromatic nitrogens is 1. The fraction of sp³-hybridized carbons (Fsp3) is 0.500. The molecular weight excluding hydrogens is 204 g/mol. The molecule has 0 aliphatic rings. The molecule has 4 nitrogen and oxygen atoms in total. The third kappa shape index (κ3) is 2.95. The molecule has 0 aliphatic heterocycles. The maximum absolute atomic E-state index is 11.3. The van der Waals surface area contributed by atoms with Crippen LogP contribution in [0, 0.1) is 0 Å². The van der Waals surface area contributed by atoms with Crippen LogP contribution in [0.3, 0.4) is 0 Å². The Labute approximate surface area is 95.8 Å². The molecule has 0 bridgehead atoms. The number of carbonyl (C=O) groups excluding carboxylic acids is 1. The van der Waals surface area contributed by atoms with E-state index in [0.29, 0.717) is 24.5 Å². The molecule has 88 valence electrons. The second-order valence-electron chi connectivity index (χ2n) is 3.60. The number of hydrogen-bond donors (Lipinski definition) is 1. The van der Waals surface area contributed by atoms with E-state index in [0.717, 1.165) is 6.42 Å². The van der Waals surface area contributed by atoms with E-state index in [1.807, 2.05) is 19.9 Å². The highest BCUT2D eigenvalue weighted by Crippen LogP contribution is 2.26. The first-order valence-electron chi connectivity index (χ1n) is 5.57. The number of nitrogens with two attached hydrogens (primary N) is 1. The first-order valence-corrected chi connectivity index (χ1v) is 5.57. The number of nitrogens with zero attached hydrogens (tertiary/aromatic N) is 1. The van der Waals surface area contributed by atoms with Crippen molar-refractivity contribution in [1.82, 2.24) is 4.98 Å². The van der Waals surface area contributed by atoms with Crippen LogP contribution in [0.1, 0.15) is 38.3 Å². The first-order chi connectivity index (χ1) is 7.70. The Morgan fingerprint density at radius 3 is 2.88 bits per heavy atom. The average molecular weight is 222 g/mol. The first kappa shape index (κ1) is 12.5. The number of pyridine rings is 1. The molecule has 1 unspecified atom stereocenters. The van der Waals surface area contributed by atoms with Crippen LogP contribution >= 0.6 is 0 Å². The topological polar surface area (TPSA) is 65.2 Å². The van der Waals surface area contributed by atoms with Gasteiger partial charge in [-0.3, -0.25) is 9.78 Å². The van der Waals surface area contributed by atoms with Gasteiger partial charge in [-0.2, -0.15) is 0 Å². The second kappa shape index (κ2) is 6.10. The van der Waals surface area contributed by atoms with Crippen molar-refractivity contribution in [3.8, 4) is 5.75 Å². The molecule has 0 aromatic carbocycles. The SMILES string of the molecule is CCCOc1cccnc1C(CC)C(N)=O. The van der Waals surface area contributed by atoms with E-state index < -0.39 is 0 Å². The molecule has 1 aromatic rings. The number of ether oxygens (including phenoxy) is 1. The van der Waals surface area contributed by atoms with E-state index in [-0.39, 0.29) is 11.8 Å². The molecule has 1 aromatic heterocycles. The third-order valence-electron chi connectivity index (χ3n) is 2.34. The minimum atomic E-state index is -0.368. The molecule has 0 fully saturated rings. The van der Waals surface area contributed by atoms with Crippen LogP contribution in [-0.2, 0) is 4.79 Å². The Morgan fingerprint density at radius 1 is 1.56 bits per heavy atom. The molecule has 1 atom stereocenters. The smallest absolute Gasteiger partial charge is 0.226 e. The fourth-order valence-corrected chi connectivity index (χ4v) is 1.53. The fourth-order valence-electron chi connectivity index (χ4n) is 1.53. The minimum absolute atomic E-state index is 0.359. The van der Waals surface area contributed by atoms with Crippen molar-refractivity contribution in [2.75, 3.05) is 6.61 Å². The summed E-state index contributed by atoms with van der Waals surface area (Å²) in [5.41, 5.74) is 5.99. The molecule has 1 amide bonds. The summed E-state index contributed by atoms with van der Waals surface area (Å²) in [6.07, 6.45) is 3.20. The van der Waals surface area contributed by atoms with Gasteiger partial charge in [-0.05, 0) is 25.0 Å². The van der Waals surface area contributed by atoms with Crippen molar-refractivity contribution in [2.45, 2.75) is 32.6 Å². The van der Waals surface area contributed by atoms with Crippen LogP contribution in [0.25, 0.3) is 0 Å². The van der Waals surface area contributed by atoms with Crippen molar-refractivity contribution < 1.29 is 9.53 Å². The second-order valence-corrected chi connectivity index (χ2v) is 3.60. The van der Waals surface area contributed by atoms with E-state index in [9.17, 15) is 4.79 Å². The van der Waals surface area contributed by atoms with E-state index in [2.05, 4.69) is 4.98 Å². The van der Waals surface area contributed by atoms with Crippen molar-refractivity contribution in [3.05, 3.63) is 24.0 Å². The minimum Gasteiger partial charge on any atom is -0.492 e. The maximum Gasteiger partial charge on any atom is 0.226 e. The molecule has 0 saturated heterocycles. The van der Waals surface area contributed by atoms with Gasteiger partial charge in [0.2, 0.25) is 5.91 Å². The van der Waals surface area contributed by atoms with Crippen molar-refractivity contribution in [1.29, 1.82) is 0 Å². The van der Waals surface area contributed by atoms with Crippen LogP contribution < -0.4 is 10.5 Å². The summed E-state index contributed by atoms with van der Waals surface area (Å²) in [4.78, 5) is 15.5. The lowest BCUT2D eigenvalue weighted by molar-refractivity contribution is -0.119. The summed E-state index contributed by atoms with van der Waals surface area (Å²) in [7, 11) is 0. The lowest BCUT2D eigenvalue weighted by Gasteiger charge is -2.14. The Balaban J connectivity index is 2.96. The zero-order chi connectivity index (χ0) is 12.0. The van der Waals surface area contributed by atoms with Crippen molar-refractivity contribution in [2.24, 2.45) is 5.73 Å². The van der Waals surface area contributed by atoms with Gasteiger partial charge in [-0.1, -0.05) is 13.8 Å². The zero-order valence-electron chi connectivity index (χ0n) is 9.77. The van der Waals surface area contributed by atoms with Gasteiger partial charge in [-0.15, -0.1) is 0 Å². The summed E-state index contributed by atoms with van der Waals surface area (Å²) < 4.78 is 5.55. The van der Waals surface area contributed by atoms with E-state index in [1.54, 1.807) is 12.3 Å². The van der Waals surface area contributed by atoms with E-state index in [1.165, 1.54) is 0 Å². The van der Waals surface area contributed by atoms with Gasteiger partial charge in [0, 0.05) is 6.20 Å². The number of rotatable bonds is 6. The third-order valence-corrected chi connectivity index (χ3v) is 2.34. The molecule has 0 saturated carbocycles. The van der Waals surface area contributed by atoms with Crippen LogP contribution in [0.15, 0.2) is 18.3 Å². The lowest BCUT2D eigenvalue weighted by Crippen LogP contribution is -2.22. The van der Waals surface area contributed by atoms with Gasteiger partial charge in [-0.25, -0.2) is 0 Å². The molecule has 2 N–H and O–H groups in total. The van der Waals surface area contributed by atoms with Gasteiger partial charge in [0.05, 0.1) is 18.2 Å². The molecule has 1 rings (SSSR count). The van der Waals surface area contributed by atoms with Crippen LogP contribution in [0.5, 0.6) is 5.75 Å². The highest BCUT2D eigenvalue weighted by atomic mass is 16.5. The molecule has 0 radical (unpaired) electrons. The zero-order valence-corrected chi connectivity index (χ0v) is 9.77. The van der Waals surface area contributed by atoms with Crippen molar-refractivity contribution in [3.63, 3.8) is 0 Å². The standard InChI is InChI=1S/C12H18N2O2/c1-3-8-16-10-6-5-7-14-11(10)9(4-2)12(13)15/h5-7,9H,3-4,8H2,1-2H3,(H2,13,15). The van der Waals surface area contributed by atoms with Crippen LogP contribution in [-0.4, -0.2) is 17.5 Å². The largest absolute Gasteiger partial charge is 0.492 e. The summed E-state index contributed by atoms with van der Waals surface area (Å²) >= 11 is 0. The molecule has 1 heterocycles. The summed E-state index contributed by atoms with van der Waals surface area (Å²) in [6, 6.07) is 3.62. The van der Waals surface area contributed by atoms with Gasteiger partial charge in [0.25, 0.3) is 0 Å².